The van der Waals surface area contributed by atoms with E-state index in [0.717, 1.165) is 16.2 Å². The lowest BCUT2D eigenvalue weighted by Crippen LogP contribution is -1.86. The molecule has 0 aliphatic carbocycles. The van der Waals surface area contributed by atoms with Crippen LogP contribution in [0.25, 0.3) is 0 Å². The Labute approximate surface area is 100 Å². The number of anilines is 1. The maximum absolute atomic E-state index is 9.44. The molecule has 0 heterocycles. The monoisotopic (exact) mass is 233 g/mol. The fraction of sp³-hybridized carbons (Fsp3) is 0.0769. The molecule has 1 rings (SSSR count). The van der Waals surface area contributed by atoms with Crippen molar-refractivity contribution >= 4 is 17.4 Å². The summed E-state index contributed by atoms with van der Waals surface area (Å²) in [5.74, 6) is 0.914. The second-order valence-corrected chi connectivity index (χ2v) is 4.24. The van der Waals surface area contributed by atoms with E-state index in [0.29, 0.717) is 5.69 Å². The van der Waals surface area contributed by atoms with Crippen LogP contribution < -0.4 is 5.73 Å². The fourth-order valence-electron chi connectivity index (χ4n) is 1.11. The van der Waals surface area contributed by atoms with Crippen molar-refractivity contribution in [3.63, 3.8) is 0 Å². The van der Waals surface area contributed by atoms with Crippen LogP contribution in [0.1, 0.15) is 0 Å². The van der Waals surface area contributed by atoms with Crippen molar-refractivity contribution in [2.45, 2.75) is 4.90 Å². The van der Waals surface area contributed by atoms with Crippen molar-refractivity contribution in [2.75, 3.05) is 11.5 Å². The van der Waals surface area contributed by atoms with Crippen LogP contribution in [-0.4, -0.2) is 10.9 Å². The summed E-state index contributed by atoms with van der Waals surface area (Å²) in [7, 11) is 0. The number of aromatic hydroxyl groups is 1. The Balaban J connectivity index is 2.67. The molecule has 0 saturated carbocycles. The third kappa shape index (κ3) is 3.51. The van der Waals surface area contributed by atoms with Gasteiger partial charge in [-0.05, 0) is 23.8 Å². The lowest BCUT2D eigenvalue weighted by atomic mass is 10.3. The number of hydrogen-bond acceptors (Lipinski definition) is 3. The van der Waals surface area contributed by atoms with Crippen LogP contribution in [0.15, 0.2) is 60.1 Å². The minimum atomic E-state index is 0.123. The molecule has 84 valence electrons. The van der Waals surface area contributed by atoms with Gasteiger partial charge in [-0.2, -0.15) is 0 Å². The van der Waals surface area contributed by atoms with Crippen molar-refractivity contribution in [3.8, 4) is 5.75 Å². The summed E-state index contributed by atoms with van der Waals surface area (Å²) in [6.07, 6.45) is 5.45. The molecular formula is C13H15NOS. The predicted octanol–water partition coefficient (Wildman–Crippen LogP) is 3.36. The number of thioether (sulfide) groups is 1. The fourth-order valence-corrected chi connectivity index (χ4v) is 2.01. The van der Waals surface area contributed by atoms with Gasteiger partial charge in [0.15, 0.2) is 0 Å². The van der Waals surface area contributed by atoms with E-state index in [4.69, 9.17) is 5.73 Å². The normalized spacial score (nSPS) is 11.1. The molecule has 0 spiro atoms. The Hall–Kier alpha value is -1.61. The number of nitrogen functional groups attached to an aromatic ring is 1. The van der Waals surface area contributed by atoms with E-state index >= 15 is 0 Å². The zero-order valence-corrected chi connectivity index (χ0v) is 9.83. The first-order valence-electron chi connectivity index (χ1n) is 4.82. The lowest BCUT2D eigenvalue weighted by molar-refractivity contribution is 0.476. The number of nitrogens with two attached hydrogens (primary N) is 1. The molecule has 0 radical (unpaired) electrons. The topological polar surface area (TPSA) is 46.2 Å². The van der Waals surface area contributed by atoms with Crippen molar-refractivity contribution < 1.29 is 5.11 Å². The van der Waals surface area contributed by atoms with E-state index in [1.165, 1.54) is 0 Å². The second kappa shape index (κ2) is 6.08. The summed E-state index contributed by atoms with van der Waals surface area (Å²) in [6.45, 7) is 7.36. The van der Waals surface area contributed by atoms with Gasteiger partial charge in [0.2, 0.25) is 0 Å². The van der Waals surface area contributed by atoms with Gasteiger partial charge in [0.25, 0.3) is 0 Å². The van der Waals surface area contributed by atoms with Gasteiger partial charge < -0.3 is 10.8 Å². The van der Waals surface area contributed by atoms with E-state index in [-0.39, 0.29) is 5.75 Å². The molecule has 0 amide bonds. The van der Waals surface area contributed by atoms with Gasteiger partial charge in [-0.3, -0.25) is 0 Å². The van der Waals surface area contributed by atoms with Gasteiger partial charge in [-0.1, -0.05) is 31.4 Å². The molecule has 0 bridgehead atoms. The smallest absolute Gasteiger partial charge is 0.139 e. The molecule has 16 heavy (non-hydrogen) atoms. The number of rotatable bonds is 5. The second-order valence-electron chi connectivity index (χ2n) is 3.19. The van der Waals surface area contributed by atoms with Crippen LogP contribution in [0.3, 0.4) is 0 Å². The zero-order valence-electron chi connectivity index (χ0n) is 9.02. The molecule has 0 aliphatic heterocycles. The highest BCUT2D eigenvalue weighted by Gasteiger charge is 2.00. The van der Waals surface area contributed by atoms with Gasteiger partial charge in [0, 0.05) is 10.6 Å². The summed E-state index contributed by atoms with van der Waals surface area (Å²) in [5.41, 5.74) is 7.01. The van der Waals surface area contributed by atoms with Crippen molar-refractivity contribution in [3.05, 3.63) is 55.2 Å². The predicted molar refractivity (Wildman–Crippen MR) is 71.7 cm³/mol. The summed E-state index contributed by atoms with van der Waals surface area (Å²) in [5, 5.41) is 9.44. The molecule has 2 nitrogen and oxygen atoms in total. The van der Waals surface area contributed by atoms with E-state index < -0.39 is 0 Å². The quantitative estimate of drug-likeness (QED) is 0.355. The Morgan fingerprint density at radius 3 is 2.75 bits per heavy atom. The molecule has 1 aromatic carbocycles. The molecule has 3 heteroatoms. The molecule has 0 atom stereocenters. The van der Waals surface area contributed by atoms with Gasteiger partial charge in [0.05, 0.1) is 5.69 Å². The van der Waals surface area contributed by atoms with Gasteiger partial charge in [0.1, 0.15) is 5.75 Å². The molecular weight excluding hydrogens is 218 g/mol. The van der Waals surface area contributed by atoms with E-state index in [9.17, 15) is 5.11 Å². The Morgan fingerprint density at radius 1 is 1.44 bits per heavy atom. The number of benzene rings is 1. The van der Waals surface area contributed by atoms with Crippen LogP contribution in [0.4, 0.5) is 5.69 Å². The highest BCUT2D eigenvalue weighted by molar-refractivity contribution is 7.99. The maximum Gasteiger partial charge on any atom is 0.139 e. The molecule has 3 N–H and O–H groups in total. The third-order valence-electron chi connectivity index (χ3n) is 2.00. The minimum Gasteiger partial charge on any atom is -0.506 e. The van der Waals surface area contributed by atoms with Crippen molar-refractivity contribution in [1.82, 2.24) is 0 Å². The van der Waals surface area contributed by atoms with Crippen LogP contribution in [0.5, 0.6) is 5.75 Å². The van der Waals surface area contributed by atoms with Gasteiger partial charge in [-0.15, -0.1) is 11.8 Å². The molecule has 0 saturated heterocycles. The Kier molecular flexibility index (Phi) is 4.73. The van der Waals surface area contributed by atoms with Crippen molar-refractivity contribution in [2.24, 2.45) is 0 Å². The van der Waals surface area contributed by atoms with E-state index in [2.05, 4.69) is 13.2 Å². The first-order valence-corrected chi connectivity index (χ1v) is 5.81. The SMILES string of the molecule is C=C/C=C(\C=C)CSc1ccc(N)c(O)c1. The third-order valence-corrected chi connectivity index (χ3v) is 3.07. The largest absolute Gasteiger partial charge is 0.506 e. The van der Waals surface area contributed by atoms with Gasteiger partial charge in [-0.25, -0.2) is 0 Å². The van der Waals surface area contributed by atoms with Crippen LogP contribution in [0.2, 0.25) is 0 Å². The summed E-state index contributed by atoms with van der Waals surface area (Å²) >= 11 is 1.61. The van der Waals surface area contributed by atoms with Crippen molar-refractivity contribution in [1.29, 1.82) is 0 Å². The highest BCUT2D eigenvalue weighted by Crippen LogP contribution is 2.28. The summed E-state index contributed by atoms with van der Waals surface area (Å²) in [4.78, 5) is 0.975. The standard InChI is InChI=1S/C13H15NOS/c1-3-5-10(4-2)9-16-11-6-7-12(14)13(15)8-11/h3-8,15H,1-2,9,14H2/b10-5+. The molecule has 0 aliphatic rings. The highest BCUT2D eigenvalue weighted by atomic mass is 32.2. The molecule has 0 aromatic heterocycles. The summed E-state index contributed by atoms with van der Waals surface area (Å²) < 4.78 is 0. The zero-order chi connectivity index (χ0) is 12.0. The average Bonchev–Trinajstić information content (AvgIpc) is 2.28. The summed E-state index contributed by atoms with van der Waals surface area (Å²) in [6, 6.07) is 5.24. The number of allylic oxidation sites excluding steroid dienone is 3. The van der Waals surface area contributed by atoms with Gasteiger partial charge >= 0.3 is 0 Å². The Morgan fingerprint density at radius 2 is 2.19 bits per heavy atom. The lowest BCUT2D eigenvalue weighted by Gasteiger charge is -2.04. The number of phenols is 1. The molecule has 0 unspecified atom stereocenters. The van der Waals surface area contributed by atoms with E-state index in [1.807, 2.05) is 12.1 Å². The molecule has 0 fully saturated rings. The number of hydrogen-bond donors (Lipinski definition) is 2. The van der Waals surface area contributed by atoms with E-state index in [1.54, 1.807) is 36.0 Å². The Bertz CT molecular complexity index is 424. The van der Waals surface area contributed by atoms with Crippen LogP contribution >= 0.6 is 11.8 Å². The minimum absolute atomic E-state index is 0.123. The van der Waals surface area contributed by atoms with Crippen LogP contribution in [-0.2, 0) is 0 Å². The maximum atomic E-state index is 9.44. The first-order chi connectivity index (χ1) is 7.67. The first kappa shape index (κ1) is 12.5. The number of phenolic OH excluding ortho intramolecular Hbond substituents is 1. The van der Waals surface area contributed by atoms with Crippen LogP contribution in [0, 0.1) is 0 Å². The molecule has 1 aromatic rings. The average molecular weight is 233 g/mol.